The lowest BCUT2D eigenvalue weighted by molar-refractivity contribution is 0.0702. The molecule has 1 fully saturated rings. The minimum absolute atomic E-state index is 0.0181. The van der Waals surface area contributed by atoms with Gasteiger partial charge in [0.15, 0.2) is 5.76 Å². The summed E-state index contributed by atoms with van der Waals surface area (Å²) < 4.78 is 41.4. The van der Waals surface area contributed by atoms with Crippen molar-refractivity contribution in [2.75, 3.05) is 13.7 Å². The highest BCUT2D eigenvalue weighted by Gasteiger charge is 2.29. The van der Waals surface area contributed by atoms with Gasteiger partial charge < -0.3 is 18.2 Å². The number of nitrogens with zero attached hydrogens (tertiary/aromatic N) is 1. The molecule has 2 aromatic carbocycles. The van der Waals surface area contributed by atoms with Gasteiger partial charge in [-0.3, -0.25) is 4.79 Å². The van der Waals surface area contributed by atoms with Crippen molar-refractivity contribution < 1.29 is 26.5 Å². The Morgan fingerprint density at radius 2 is 1.81 bits per heavy atom. The Kier molecular flexibility index (Phi) is 5.99. The van der Waals surface area contributed by atoms with Crippen molar-refractivity contribution in [2.45, 2.75) is 24.3 Å². The largest absolute Gasteiger partial charge is 0.497 e. The zero-order valence-corrected chi connectivity index (χ0v) is 17.9. The van der Waals surface area contributed by atoms with Crippen molar-refractivity contribution in [2.24, 2.45) is 5.92 Å². The average Bonchev–Trinajstić information content (AvgIpc) is 3.42. The monoisotopic (exact) mass is 441 g/mol. The Hall–Kier alpha value is -3.26. The van der Waals surface area contributed by atoms with Gasteiger partial charge in [0.05, 0.1) is 13.4 Å². The zero-order valence-electron chi connectivity index (χ0n) is 17.1. The van der Waals surface area contributed by atoms with Crippen molar-refractivity contribution in [3.8, 4) is 11.5 Å². The van der Waals surface area contributed by atoms with Gasteiger partial charge in [0.1, 0.15) is 16.4 Å². The molecule has 31 heavy (non-hydrogen) atoms. The van der Waals surface area contributed by atoms with Crippen molar-refractivity contribution in [1.82, 2.24) is 4.90 Å². The average molecular weight is 442 g/mol. The fraction of sp³-hybridized carbons (Fsp3) is 0.261. The third kappa shape index (κ3) is 5.08. The van der Waals surface area contributed by atoms with E-state index < -0.39 is 10.1 Å². The summed E-state index contributed by atoms with van der Waals surface area (Å²) >= 11 is 0. The highest BCUT2D eigenvalue weighted by molar-refractivity contribution is 7.87. The van der Waals surface area contributed by atoms with Crippen molar-refractivity contribution in [3.05, 3.63) is 78.3 Å². The standard InChI is InChI=1S/C23H23NO6S/c1-28-19-10-12-20(13-11-19)31(26,27)30-21-6-3-2-5-18(21)16-24(15-17-8-9-17)23(25)22-7-4-14-29-22/h2-7,10-14,17H,8-9,15-16H2,1H3. The first-order valence-electron chi connectivity index (χ1n) is 9.95. The number of benzene rings is 2. The molecule has 162 valence electrons. The number of rotatable bonds is 9. The number of amides is 1. The molecule has 0 saturated heterocycles. The molecule has 0 radical (unpaired) electrons. The fourth-order valence-corrected chi connectivity index (χ4v) is 4.18. The Morgan fingerprint density at radius 1 is 1.06 bits per heavy atom. The van der Waals surface area contributed by atoms with E-state index in [4.69, 9.17) is 13.3 Å². The van der Waals surface area contributed by atoms with Crippen LogP contribution in [0.25, 0.3) is 0 Å². The third-order valence-corrected chi connectivity index (χ3v) is 6.32. The molecule has 8 heteroatoms. The summed E-state index contributed by atoms with van der Waals surface area (Å²) in [5.41, 5.74) is 0.597. The van der Waals surface area contributed by atoms with Crippen LogP contribution in [-0.4, -0.2) is 32.9 Å². The lowest BCUT2D eigenvalue weighted by Gasteiger charge is -2.23. The van der Waals surface area contributed by atoms with E-state index >= 15 is 0 Å². The molecule has 1 heterocycles. The maximum absolute atomic E-state index is 12.9. The van der Waals surface area contributed by atoms with Crippen molar-refractivity contribution in [3.63, 3.8) is 0 Å². The predicted molar refractivity (Wildman–Crippen MR) is 113 cm³/mol. The molecule has 1 saturated carbocycles. The van der Waals surface area contributed by atoms with Gasteiger partial charge in [-0.15, -0.1) is 0 Å². The fourth-order valence-electron chi connectivity index (χ4n) is 3.22. The molecule has 0 unspecified atom stereocenters. The van der Waals surface area contributed by atoms with Gasteiger partial charge in [-0.05, 0) is 61.2 Å². The van der Waals surface area contributed by atoms with Crippen molar-refractivity contribution >= 4 is 16.0 Å². The Bertz CT molecular complexity index is 1140. The van der Waals surface area contributed by atoms with Crippen LogP contribution in [0.4, 0.5) is 0 Å². The van der Waals surface area contributed by atoms with Gasteiger partial charge in [0.2, 0.25) is 0 Å². The van der Waals surface area contributed by atoms with E-state index in [1.165, 1.54) is 25.5 Å². The molecule has 1 amide bonds. The Labute approximate surface area is 181 Å². The molecule has 1 aromatic heterocycles. The molecule has 1 aliphatic rings. The SMILES string of the molecule is COc1ccc(S(=O)(=O)Oc2ccccc2CN(CC2CC2)C(=O)c2ccco2)cc1. The number of carbonyl (C=O) groups excluding carboxylic acids is 1. The van der Waals surface area contributed by atoms with E-state index in [0.29, 0.717) is 23.8 Å². The van der Waals surface area contributed by atoms with E-state index in [0.717, 1.165) is 12.8 Å². The quantitative estimate of drug-likeness (QED) is 0.465. The van der Waals surface area contributed by atoms with E-state index in [2.05, 4.69) is 0 Å². The molecule has 0 spiro atoms. The van der Waals surface area contributed by atoms with Crippen LogP contribution in [0.5, 0.6) is 11.5 Å². The van der Waals surface area contributed by atoms with Crippen LogP contribution >= 0.6 is 0 Å². The lowest BCUT2D eigenvalue weighted by atomic mass is 10.1. The number of furan rings is 1. The van der Waals surface area contributed by atoms with Crippen LogP contribution in [0.3, 0.4) is 0 Å². The van der Waals surface area contributed by atoms with E-state index in [1.807, 2.05) is 0 Å². The summed E-state index contributed by atoms with van der Waals surface area (Å²) in [6.07, 6.45) is 3.61. The molecule has 0 aliphatic heterocycles. The molecule has 0 bridgehead atoms. The van der Waals surface area contributed by atoms with Crippen LogP contribution in [0.1, 0.15) is 29.0 Å². The number of methoxy groups -OCH3 is 1. The predicted octanol–water partition coefficient (Wildman–Crippen LogP) is 4.11. The molecule has 7 nitrogen and oxygen atoms in total. The van der Waals surface area contributed by atoms with Gasteiger partial charge in [0, 0.05) is 18.7 Å². The Morgan fingerprint density at radius 3 is 2.45 bits per heavy atom. The second-order valence-electron chi connectivity index (χ2n) is 7.43. The molecule has 3 aromatic rings. The number of para-hydroxylation sites is 1. The molecular weight excluding hydrogens is 418 g/mol. The molecular formula is C23H23NO6S. The van der Waals surface area contributed by atoms with Gasteiger partial charge in [-0.2, -0.15) is 8.42 Å². The maximum Gasteiger partial charge on any atom is 0.339 e. The summed E-state index contributed by atoms with van der Waals surface area (Å²) in [7, 11) is -2.54. The van der Waals surface area contributed by atoms with E-state index in [9.17, 15) is 13.2 Å². The van der Waals surface area contributed by atoms with Gasteiger partial charge in [-0.25, -0.2) is 0 Å². The normalized spacial score (nSPS) is 13.6. The number of hydrogen-bond acceptors (Lipinski definition) is 6. The minimum Gasteiger partial charge on any atom is -0.497 e. The lowest BCUT2D eigenvalue weighted by Crippen LogP contribution is -2.32. The summed E-state index contributed by atoms with van der Waals surface area (Å²) in [5.74, 6) is 1.21. The zero-order chi connectivity index (χ0) is 21.8. The maximum atomic E-state index is 12.9. The summed E-state index contributed by atoms with van der Waals surface area (Å²) in [6.45, 7) is 0.795. The second kappa shape index (κ2) is 8.85. The van der Waals surface area contributed by atoms with Crippen LogP contribution in [-0.2, 0) is 16.7 Å². The number of hydrogen-bond donors (Lipinski definition) is 0. The summed E-state index contributed by atoms with van der Waals surface area (Å²) in [4.78, 5) is 14.6. The molecule has 4 rings (SSSR count). The smallest absolute Gasteiger partial charge is 0.339 e. The van der Waals surface area contributed by atoms with Crippen molar-refractivity contribution in [1.29, 1.82) is 0 Å². The molecule has 0 N–H and O–H groups in total. The summed E-state index contributed by atoms with van der Waals surface area (Å²) in [6, 6.07) is 16.1. The third-order valence-electron chi connectivity index (χ3n) is 5.08. The molecule has 0 atom stereocenters. The number of carbonyl (C=O) groups is 1. The Balaban J connectivity index is 1.57. The van der Waals surface area contributed by atoms with E-state index in [1.54, 1.807) is 53.4 Å². The molecule has 1 aliphatic carbocycles. The van der Waals surface area contributed by atoms with Crippen LogP contribution in [0.15, 0.2) is 76.2 Å². The highest BCUT2D eigenvalue weighted by Crippen LogP contribution is 2.32. The second-order valence-corrected chi connectivity index (χ2v) is 8.97. The van der Waals surface area contributed by atoms with Gasteiger partial charge >= 0.3 is 10.1 Å². The topological polar surface area (TPSA) is 86.1 Å². The van der Waals surface area contributed by atoms with Gasteiger partial charge in [0.25, 0.3) is 5.91 Å². The highest BCUT2D eigenvalue weighted by atomic mass is 32.2. The van der Waals surface area contributed by atoms with Crippen LogP contribution in [0, 0.1) is 5.92 Å². The minimum atomic E-state index is -4.05. The first-order chi connectivity index (χ1) is 15.0. The van der Waals surface area contributed by atoms with Gasteiger partial charge in [-0.1, -0.05) is 18.2 Å². The number of ether oxygens (including phenoxy) is 1. The summed E-state index contributed by atoms with van der Waals surface area (Å²) in [5, 5.41) is 0. The van der Waals surface area contributed by atoms with Crippen LogP contribution in [0.2, 0.25) is 0 Å². The first-order valence-corrected chi connectivity index (χ1v) is 11.4. The van der Waals surface area contributed by atoms with E-state index in [-0.39, 0.29) is 28.9 Å². The first kappa shape index (κ1) is 21.0. The van der Waals surface area contributed by atoms with Crippen LogP contribution < -0.4 is 8.92 Å².